The summed E-state index contributed by atoms with van der Waals surface area (Å²) in [5.41, 5.74) is 2.90. The van der Waals surface area contributed by atoms with Gasteiger partial charge in [-0.05, 0) is 17.5 Å². The van der Waals surface area contributed by atoms with Gasteiger partial charge in [0.05, 0.1) is 7.11 Å². The van der Waals surface area contributed by atoms with E-state index in [2.05, 4.69) is 6.58 Å². The first-order valence-corrected chi connectivity index (χ1v) is 6.56. The van der Waals surface area contributed by atoms with E-state index in [-0.39, 0.29) is 5.97 Å². The van der Waals surface area contributed by atoms with Crippen LogP contribution in [0.5, 0.6) is 0 Å². The molecule has 0 unspecified atom stereocenters. The van der Waals surface area contributed by atoms with Crippen molar-refractivity contribution < 1.29 is 9.53 Å². The Hall–Kier alpha value is -2.35. The molecule has 2 aromatic rings. The van der Waals surface area contributed by atoms with Crippen molar-refractivity contribution in [2.45, 2.75) is 12.3 Å². The van der Waals surface area contributed by atoms with Crippen LogP contribution in [-0.2, 0) is 16.0 Å². The molecule has 2 rings (SSSR count). The lowest BCUT2D eigenvalue weighted by Gasteiger charge is -2.18. The van der Waals surface area contributed by atoms with Gasteiger partial charge in [0.2, 0.25) is 0 Å². The summed E-state index contributed by atoms with van der Waals surface area (Å²) in [6.45, 7) is 4.09. The second-order valence-corrected chi connectivity index (χ2v) is 4.69. The van der Waals surface area contributed by atoms with Gasteiger partial charge in [0, 0.05) is 0 Å². The minimum Gasteiger partial charge on any atom is -0.468 e. The molecule has 0 aliphatic heterocycles. The molecule has 1 atom stereocenters. The molecule has 0 aliphatic rings. The van der Waals surface area contributed by atoms with Gasteiger partial charge in [-0.1, -0.05) is 72.8 Å². The van der Waals surface area contributed by atoms with Gasteiger partial charge in [0.1, 0.15) is 5.92 Å². The number of hydrogen-bond acceptors (Lipinski definition) is 2. The zero-order valence-corrected chi connectivity index (χ0v) is 11.6. The zero-order valence-electron chi connectivity index (χ0n) is 11.6. The topological polar surface area (TPSA) is 26.3 Å². The summed E-state index contributed by atoms with van der Waals surface area (Å²) in [5, 5.41) is 0. The van der Waals surface area contributed by atoms with Crippen molar-refractivity contribution in [2.75, 3.05) is 7.11 Å². The smallest absolute Gasteiger partial charge is 0.317 e. The molecule has 0 radical (unpaired) electrons. The number of rotatable bonds is 5. The van der Waals surface area contributed by atoms with Gasteiger partial charge in [-0.3, -0.25) is 4.79 Å². The molecule has 0 bridgehead atoms. The fourth-order valence-corrected chi connectivity index (χ4v) is 2.26. The van der Waals surface area contributed by atoms with Crippen LogP contribution in [0.25, 0.3) is 0 Å². The van der Waals surface area contributed by atoms with E-state index in [4.69, 9.17) is 4.74 Å². The van der Waals surface area contributed by atoms with E-state index < -0.39 is 5.92 Å². The Balaban J connectivity index is 2.24. The first-order valence-electron chi connectivity index (χ1n) is 6.56. The molecule has 2 nitrogen and oxygen atoms in total. The van der Waals surface area contributed by atoms with Crippen LogP contribution in [0.1, 0.15) is 17.0 Å². The Labute approximate surface area is 119 Å². The van der Waals surface area contributed by atoms with Crippen molar-refractivity contribution in [3.8, 4) is 0 Å². The van der Waals surface area contributed by atoms with Crippen LogP contribution in [-0.4, -0.2) is 13.1 Å². The molecule has 0 N–H and O–H groups in total. The fourth-order valence-electron chi connectivity index (χ4n) is 2.26. The molecule has 0 fully saturated rings. The van der Waals surface area contributed by atoms with Gasteiger partial charge < -0.3 is 4.74 Å². The first kappa shape index (κ1) is 14.1. The summed E-state index contributed by atoms with van der Waals surface area (Å²) < 4.78 is 4.93. The average Bonchev–Trinajstić information content (AvgIpc) is 2.49. The van der Waals surface area contributed by atoms with Crippen LogP contribution >= 0.6 is 0 Å². The summed E-state index contributed by atoms with van der Waals surface area (Å²) in [6.07, 6.45) is 0.662. The lowest BCUT2D eigenvalue weighted by Crippen LogP contribution is -2.17. The van der Waals surface area contributed by atoms with Crippen molar-refractivity contribution in [3.63, 3.8) is 0 Å². The van der Waals surface area contributed by atoms with Gasteiger partial charge in [0.25, 0.3) is 0 Å². The van der Waals surface area contributed by atoms with E-state index in [0.717, 1.165) is 16.7 Å². The highest BCUT2D eigenvalue weighted by Gasteiger charge is 2.24. The molecule has 2 aromatic carbocycles. The second-order valence-electron chi connectivity index (χ2n) is 4.69. The number of benzene rings is 2. The van der Waals surface area contributed by atoms with Gasteiger partial charge in [-0.2, -0.15) is 0 Å². The Morgan fingerprint density at radius 2 is 1.60 bits per heavy atom. The third kappa shape index (κ3) is 3.35. The average molecular weight is 266 g/mol. The molecule has 0 aliphatic carbocycles. The van der Waals surface area contributed by atoms with Gasteiger partial charge in [-0.25, -0.2) is 0 Å². The van der Waals surface area contributed by atoms with Crippen molar-refractivity contribution in [3.05, 3.63) is 83.9 Å². The molecule has 0 spiro atoms. The van der Waals surface area contributed by atoms with E-state index in [1.165, 1.54) is 7.11 Å². The van der Waals surface area contributed by atoms with E-state index in [0.29, 0.717) is 6.42 Å². The van der Waals surface area contributed by atoms with Crippen molar-refractivity contribution >= 4 is 5.97 Å². The molecule has 0 heterocycles. The maximum Gasteiger partial charge on any atom is 0.317 e. The second kappa shape index (κ2) is 6.71. The Kier molecular flexibility index (Phi) is 4.72. The molecule has 0 aromatic heterocycles. The molecular weight excluding hydrogens is 248 g/mol. The summed E-state index contributed by atoms with van der Waals surface area (Å²) in [5.74, 6) is -0.682. The summed E-state index contributed by atoms with van der Waals surface area (Å²) in [6, 6.07) is 19.6. The number of methoxy groups -OCH3 is 1. The first-order chi connectivity index (χ1) is 9.72. The van der Waals surface area contributed by atoms with Crippen LogP contribution in [0.2, 0.25) is 0 Å². The standard InChI is InChI=1S/C18H18O2/c1-14(13-15-9-5-3-6-10-15)17(18(19)20-2)16-11-7-4-8-12-16/h3-12,17H,1,13H2,2H3/t17-/m0/s1. The van der Waals surface area contributed by atoms with Crippen molar-refractivity contribution in [1.29, 1.82) is 0 Å². The van der Waals surface area contributed by atoms with E-state index in [1.807, 2.05) is 60.7 Å². The maximum atomic E-state index is 12.1. The maximum absolute atomic E-state index is 12.1. The van der Waals surface area contributed by atoms with E-state index in [9.17, 15) is 4.79 Å². The summed E-state index contributed by atoms with van der Waals surface area (Å²) >= 11 is 0. The Bertz CT molecular complexity index is 573. The number of esters is 1. The predicted molar refractivity (Wildman–Crippen MR) is 80.5 cm³/mol. The van der Waals surface area contributed by atoms with Crippen molar-refractivity contribution in [1.82, 2.24) is 0 Å². The largest absolute Gasteiger partial charge is 0.468 e. The molecular formula is C18H18O2. The zero-order chi connectivity index (χ0) is 14.4. The molecule has 0 saturated carbocycles. The minimum absolute atomic E-state index is 0.267. The SMILES string of the molecule is C=C(Cc1ccccc1)[C@H](C(=O)OC)c1ccccc1. The summed E-state index contributed by atoms with van der Waals surface area (Å²) in [7, 11) is 1.41. The molecule has 2 heteroatoms. The van der Waals surface area contributed by atoms with E-state index >= 15 is 0 Å². The Morgan fingerprint density at radius 3 is 2.15 bits per heavy atom. The van der Waals surface area contributed by atoms with Crippen LogP contribution in [0.15, 0.2) is 72.8 Å². The van der Waals surface area contributed by atoms with Gasteiger partial charge in [-0.15, -0.1) is 0 Å². The van der Waals surface area contributed by atoms with Crippen LogP contribution < -0.4 is 0 Å². The molecule has 20 heavy (non-hydrogen) atoms. The lowest BCUT2D eigenvalue weighted by molar-refractivity contribution is -0.141. The van der Waals surface area contributed by atoms with Gasteiger partial charge >= 0.3 is 5.97 Å². The fraction of sp³-hybridized carbons (Fsp3) is 0.167. The van der Waals surface area contributed by atoms with Crippen LogP contribution in [0.4, 0.5) is 0 Å². The lowest BCUT2D eigenvalue weighted by atomic mass is 9.88. The molecule has 102 valence electrons. The highest BCUT2D eigenvalue weighted by Crippen LogP contribution is 2.27. The molecule has 0 amide bonds. The number of ether oxygens (including phenoxy) is 1. The van der Waals surface area contributed by atoms with Crippen molar-refractivity contribution in [2.24, 2.45) is 0 Å². The summed E-state index contributed by atoms with van der Waals surface area (Å²) in [4.78, 5) is 12.1. The number of carbonyl (C=O) groups excluding carboxylic acids is 1. The Morgan fingerprint density at radius 1 is 1.05 bits per heavy atom. The van der Waals surface area contributed by atoms with Crippen LogP contribution in [0, 0.1) is 0 Å². The quantitative estimate of drug-likeness (QED) is 0.608. The van der Waals surface area contributed by atoms with Gasteiger partial charge in [0.15, 0.2) is 0 Å². The highest BCUT2D eigenvalue weighted by molar-refractivity contribution is 5.81. The predicted octanol–water partition coefficient (Wildman–Crippen LogP) is 3.74. The minimum atomic E-state index is -0.415. The number of hydrogen-bond donors (Lipinski definition) is 0. The van der Waals surface area contributed by atoms with E-state index in [1.54, 1.807) is 0 Å². The monoisotopic (exact) mass is 266 g/mol. The third-order valence-corrected chi connectivity index (χ3v) is 3.25. The number of carbonyl (C=O) groups is 1. The highest BCUT2D eigenvalue weighted by atomic mass is 16.5. The van der Waals surface area contributed by atoms with Crippen LogP contribution in [0.3, 0.4) is 0 Å². The molecule has 0 saturated heterocycles. The normalized spacial score (nSPS) is 11.7. The third-order valence-electron chi connectivity index (χ3n) is 3.25.